The van der Waals surface area contributed by atoms with Crippen molar-refractivity contribution in [3.63, 3.8) is 0 Å². The third-order valence-corrected chi connectivity index (χ3v) is 3.37. The van der Waals surface area contributed by atoms with Gasteiger partial charge in [-0.2, -0.15) is 11.8 Å². The molecule has 0 heterocycles. The van der Waals surface area contributed by atoms with Gasteiger partial charge in [0.2, 0.25) is 0 Å². The Bertz CT molecular complexity index is 363. The summed E-state index contributed by atoms with van der Waals surface area (Å²) < 4.78 is 19.2. The number of hydrogen-bond acceptors (Lipinski definition) is 3. The molecule has 96 valence electrons. The number of thioether (sulfide) groups is 1. The van der Waals surface area contributed by atoms with Gasteiger partial charge in [0.1, 0.15) is 0 Å². The van der Waals surface area contributed by atoms with E-state index in [9.17, 15) is 4.39 Å². The van der Waals surface area contributed by atoms with Crippen molar-refractivity contribution in [3.05, 3.63) is 29.6 Å². The molecule has 17 heavy (non-hydrogen) atoms. The van der Waals surface area contributed by atoms with E-state index >= 15 is 0 Å². The summed E-state index contributed by atoms with van der Waals surface area (Å²) in [4.78, 5) is 0. The van der Waals surface area contributed by atoms with E-state index < -0.39 is 0 Å². The lowest BCUT2D eigenvalue weighted by Crippen LogP contribution is -2.13. The van der Waals surface area contributed by atoms with Gasteiger partial charge < -0.3 is 10.5 Å². The SMILES string of the molecule is CC(C)(C)SCCOc1c(F)cccc1CN. The average Bonchev–Trinajstić information content (AvgIpc) is 2.24. The number of hydrogen-bond donors (Lipinski definition) is 1. The quantitative estimate of drug-likeness (QED) is 0.823. The molecule has 0 spiro atoms. The van der Waals surface area contributed by atoms with Crippen molar-refractivity contribution in [2.45, 2.75) is 32.1 Å². The van der Waals surface area contributed by atoms with E-state index in [1.165, 1.54) is 6.07 Å². The fourth-order valence-corrected chi connectivity index (χ4v) is 2.15. The molecule has 0 unspecified atom stereocenters. The van der Waals surface area contributed by atoms with Crippen LogP contribution in [0.5, 0.6) is 5.75 Å². The fourth-order valence-electron chi connectivity index (χ4n) is 1.37. The summed E-state index contributed by atoms with van der Waals surface area (Å²) in [5, 5.41) is 0. The summed E-state index contributed by atoms with van der Waals surface area (Å²) in [5.41, 5.74) is 6.25. The smallest absolute Gasteiger partial charge is 0.165 e. The Morgan fingerprint density at radius 2 is 2.06 bits per heavy atom. The molecule has 4 heteroatoms. The fraction of sp³-hybridized carbons (Fsp3) is 0.538. The second kappa shape index (κ2) is 6.26. The minimum atomic E-state index is -0.339. The van der Waals surface area contributed by atoms with Gasteiger partial charge in [0.25, 0.3) is 0 Å². The van der Waals surface area contributed by atoms with Gasteiger partial charge >= 0.3 is 0 Å². The first-order chi connectivity index (χ1) is 7.94. The molecule has 2 nitrogen and oxygen atoms in total. The number of nitrogens with two attached hydrogens (primary N) is 1. The van der Waals surface area contributed by atoms with Crippen LogP contribution in [0.1, 0.15) is 26.3 Å². The summed E-state index contributed by atoms with van der Waals surface area (Å²) in [6.45, 7) is 7.22. The van der Waals surface area contributed by atoms with Crippen LogP contribution in [0, 0.1) is 5.82 Å². The number of ether oxygens (including phenoxy) is 1. The second-order valence-electron chi connectivity index (χ2n) is 4.74. The van der Waals surface area contributed by atoms with Crippen LogP contribution in [0.4, 0.5) is 4.39 Å². The zero-order chi connectivity index (χ0) is 12.9. The maximum atomic E-state index is 13.5. The van der Waals surface area contributed by atoms with Crippen LogP contribution < -0.4 is 10.5 Å². The van der Waals surface area contributed by atoms with E-state index in [2.05, 4.69) is 20.8 Å². The number of benzene rings is 1. The minimum Gasteiger partial charge on any atom is -0.489 e. The first-order valence-corrected chi connectivity index (χ1v) is 6.67. The summed E-state index contributed by atoms with van der Waals surface area (Å²) in [6.07, 6.45) is 0. The molecule has 0 saturated heterocycles. The van der Waals surface area contributed by atoms with E-state index in [4.69, 9.17) is 10.5 Å². The third-order valence-electron chi connectivity index (χ3n) is 2.13. The van der Waals surface area contributed by atoms with Gasteiger partial charge in [0, 0.05) is 22.6 Å². The molecule has 1 aromatic rings. The molecular weight excluding hydrogens is 237 g/mol. The topological polar surface area (TPSA) is 35.2 Å². The summed E-state index contributed by atoms with van der Waals surface area (Å²) in [6, 6.07) is 4.83. The molecule has 1 aromatic carbocycles. The lowest BCUT2D eigenvalue weighted by Gasteiger charge is -2.18. The minimum absolute atomic E-state index is 0.204. The summed E-state index contributed by atoms with van der Waals surface area (Å²) in [7, 11) is 0. The molecule has 0 fully saturated rings. The highest BCUT2D eigenvalue weighted by Gasteiger charge is 2.12. The van der Waals surface area contributed by atoms with Crippen molar-refractivity contribution in [3.8, 4) is 5.75 Å². The van der Waals surface area contributed by atoms with Gasteiger partial charge in [-0.1, -0.05) is 32.9 Å². The van der Waals surface area contributed by atoms with Crippen LogP contribution in [-0.4, -0.2) is 17.1 Å². The average molecular weight is 257 g/mol. The van der Waals surface area contributed by atoms with E-state index in [-0.39, 0.29) is 10.6 Å². The van der Waals surface area contributed by atoms with E-state index in [0.717, 1.165) is 5.75 Å². The monoisotopic (exact) mass is 257 g/mol. The zero-order valence-electron chi connectivity index (χ0n) is 10.6. The number of halogens is 1. The van der Waals surface area contributed by atoms with Gasteiger partial charge in [-0.05, 0) is 6.07 Å². The highest BCUT2D eigenvalue weighted by molar-refractivity contribution is 8.00. The maximum absolute atomic E-state index is 13.5. The molecule has 0 atom stereocenters. The third kappa shape index (κ3) is 4.96. The standard InChI is InChI=1S/C13H20FNOS/c1-13(2,3)17-8-7-16-12-10(9-15)5-4-6-11(12)14/h4-6H,7-9,15H2,1-3H3. The molecule has 0 aliphatic carbocycles. The Morgan fingerprint density at radius 1 is 1.35 bits per heavy atom. The van der Waals surface area contributed by atoms with Crippen molar-refractivity contribution in [2.24, 2.45) is 5.73 Å². The van der Waals surface area contributed by atoms with E-state index in [0.29, 0.717) is 24.5 Å². The number of para-hydroxylation sites is 1. The lowest BCUT2D eigenvalue weighted by atomic mass is 10.2. The molecule has 0 saturated carbocycles. The van der Waals surface area contributed by atoms with Crippen LogP contribution in [0.15, 0.2) is 18.2 Å². The first-order valence-electron chi connectivity index (χ1n) is 5.68. The van der Waals surface area contributed by atoms with Gasteiger partial charge in [-0.3, -0.25) is 0 Å². The Labute approximate surface area is 107 Å². The van der Waals surface area contributed by atoms with Crippen molar-refractivity contribution < 1.29 is 9.13 Å². The van der Waals surface area contributed by atoms with Gasteiger partial charge in [-0.25, -0.2) is 4.39 Å². The second-order valence-corrected chi connectivity index (χ2v) is 6.66. The maximum Gasteiger partial charge on any atom is 0.165 e. The van der Waals surface area contributed by atoms with Gasteiger partial charge in [-0.15, -0.1) is 0 Å². The van der Waals surface area contributed by atoms with Crippen molar-refractivity contribution in [1.82, 2.24) is 0 Å². The van der Waals surface area contributed by atoms with Crippen LogP contribution in [0.25, 0.3) is 0 Å². The van der Waals surface area contributed by atoms with Gasteiger partial charge in [0.05, 0.1) is 6.61 Å². The normalized spacial score (nSPS) is 11.6. The van der Waals surface area contributed by atoms with E-state index in [1.807, 2.05) is 0 Å². The largest absolute Gasteiger partial charge is 0.489 e. The first kappa shape index (κ1) is 14.3. The molecular formula is C13H20FNOS. The van der Waals surface area contributed by atoms with Crippen LogP contribution in [-0.2, 0) is 6.54 Å². The molecule has 0 bridgehead atoms. The number of rotatable bonds is 5. The Hall–Kier alpha value is -0.740. The molecule has 0 aliphatic heterocycles. The van der Waals surface area contributed by atoms with Crippen LogP contribution in [0.3, 0.4) is 0 Å². The Morgan fingerprint density at radius 3 is 2.65 bits per heavy atom. The Kier molecular flexibility index (Phi) is 5.28. The highest BCUT2D eigenvalue weighted by Crippen LogP contribution is 2.25. The molecule has 0 aliphatic rings. The van der Waals surface area contributed by atoms with Gasteiger partial charge in [0.15, 0.2) is 11.6 Å². The highest BCUT2D eigenvalue weighted by atomic mass is 32.2. The molecule has 2 N–H and O–H groups in total. The lowest BCUT2D eigenvalue weighted by molar-refractivity contribution is 0.321. The summed E-state index contributed by atoms with van der Waals surface area (Å²) >= 11 is 1.79. The Balaban J connectivity index is 2.52. The molecule has 0 aromatic heterocycles. The van der Waals surface area contributed by atoms with Crippen LogP contribution >= 0.6 is 11.8 Å². The molecule has 0 amide bonds. The van der Waals surface area contributed by atoms with Crippen molar-refractivity contribution in [2.75, 3.05) is 12.4 Å². The van der Waals surface area contributed by atoms with Crippen molar-refractivity contribution in [1.29, 1.82) is 0 Å². The predicted octanol–water partition coefficient (Wildman–Crippen LogP) is 3.19. The van der Waals surface area contributed by atoms with Crippen molar-refractivity contribution >= 4 is 11.8 Å². The molecule has 0 radical (unpaired) electrons. The zero-order valence-corrected chi connectivity index (χ0v) is 11.4. The molecule has 1 rings (SSSR count). The predicted molar refractivity (Wildman–Crippen MR) is 72.0 cm³/mol. The summed E-state index contributed by atoms with van der Waals surface area (Å²) in [5.74, 6) is 0.792. The van der Waals surface area contributed by atoms with Crippen LogP contribution in [0.2, 0.25) is 0 Å². The van der Waals surface area contributed by atoms with E-state index in [1.54, 1.807) is 23.9 Å².